The molecule has 0 aromatic heterocycles. The Morgan fingerprint density at radius 3 is 2.32 bits per heavy atom. The molecule has 1 fully saturated rings. The Hall–Kier alpha value is -2.80. The normalized spacial score (nSPS) is 18.6. The Morgan fingerprint density at radius 1 is 1.09 bits per heavy atom. The fraction of sp³-hybridized carbons (Fsp3) is 0.444. The Bertz CT molecular complexity index is 1190. The average Bonchev–Trinajstić information content (AvgIpc) is 3.59. The van der Waals surface area contributed by atoms with Gasteiger partial charge in [-0.15, -0.1) is 0 Å². The molecule has 1 heterocycles. The third kappa shape index (κ3) is 4.71. The highest BCUT2D eigenvalue weighted by atomic mass is 32.2. The predicted octanol–water partition coefficient (Wildman–Crippen LogP) is 6.00. The number of aliphatic hydroxyl groups excluding tert-OH is 1. The van der Waals surface area contributed by atoms with Gasteiger partial charge in [-0.3, -0.25) is 4.72 Å². The number of rotatable bonds is 10. The average molecular weight is 484 g/mol. The van der Waals surface area contributed by atoms with Crippen molar-refractivity contribution >= 4 is 21.7 Å². The van der Waals surface area contributed by atoms with Crippen molar-refractivity contribution in [2.75, 3.05) is 4.72 Å². The molecule has 0 radical (unpaired) electrons. The van der Waals surface area contributed by atoms with Crippen molar-refractivity contribution in [1.82, 2.24) is 0 Å². The Labute approximate surface area is 202 Å². The number of aliphatic hydroxyl groups is 1. The van der Waals surface area contributed by atoms with Crippen molar-refractivity contribution < 1.29 is 23.1 Å². The van der Waals surface area contributed by atoms with Crippen LogP contribution in [0.5, 0.6) is 0 Å². The van der Waals surface area contributed by atoms with Crippen LogP contribution < -0.4 is 4.72 Å². The number of aryl methyl sites for hydroxylation is 1. The van der Waals surface area contributed by atoms with E-state index in [4.69, 9.17) is 4.74 Å². The molecule has 0 bridgehead atoms. The number of cyclic esters (lactones) is 1. The molecule has 1 unspecified atom stereocenters. The number of sulfonamides is 1. The molecule has 4 rings (SSSR count). The summed E-state index contributed by atoms with van der Waals surface area (Å²) in [5, 5.41) is 11.3. The summed E-state index contributed by atoms with van der Waals surface area (Å²) in [5.74, 6) is -0.509. The highest BCUT2D eigenvalue weighted by Crippen LogP contribution is 2.52. The second-order valence-corrected chi connectivity index (χ2v) is 11.2. The van der Waals surface area contributed by atoms with Crippen LogP contribution in [-0.2, 0) is 19.6 Å². The minimum Gasteiger partial charge on any atom is -0.507 e. The van der Waals surface area contributed by atoms with Crippen LogP contribution in [0.25, 0.3) is 0 Å². The summed E-state index contributed by atoms with van der Waals surface area (Å²) in [6.45, 7) is 5.93. The summed E-state index contributed by atoms with van der Waals surface area (Å²) in [6, 6.07) is 13.8. The minimum absolute atomic E-state index is 0.0590. The number of nitrogens with one attached hydrogen (secondary N) is 1. The van der Waals surface area contributed by atoms with E-state index in [9.17, 15) is 18.3 Å². The van der Waals surface area contributed by atoms with Gasteiger partial charge in [0.25, 0.3) is 10.0 Å². The van der Waals surface area contributed by atoms with Crippen LogP contribution >= 0.6 is 0 Å². The molecule has 0 saturated heterocycles. The summed E-state index contributed by atoms with van der Waals surface area (Å²) in [6.07, 6.45) is 4.63. The van der Waals surface area contributed by atoms with Gasteiger partial charge < -0.3 is 9.84 Å². The van der Waals surface area contributed by atoms with E-state index in [0.29, 0.717) is 24.1 Å². The lowest BCUT2D eigenvalue weighted by Gasteiger charge is -2.27. The molecule has 1 aliphatic carbocycles. The lowest BCUT2D eigenvalue weighted by atomic mass is 9.82. The molecule has 2 aromatic rings. The minimum atomic E-state index is -3.75. The quantitative estimate of drug-likeness (QED) is 0.405. The smallest absolute Gasteiger partial charge is 0.339 e. The molecule has 2 N–H and O–H groups in total. The molecule has 1 atom stereocenters. The van der Waals surface area contributed by atoms with Gasteiger partial charge in [-0.1, -0.05) is 56.5 Å². The van der Waals surface area contributed by atoms with Crippen molar-refractivity contribution in [3.05, 3.63) is 71.0 Å². The molecule has 0 amide bonds. The fourth-order valence-corrected chi connectivity index (χ4v) is 6.05. The van der Waals surface area contributed by atoms with Crippen LogP contribution in [0, 0.1) is 12.8 Å². The summed E-state index contributed by atoms with van der Waals surface area (Å²) in [7, 11) is -3.75. The summed E-state index contributed by atoms with van der Waals surface area (Å²) in [5.41, 5.74) is 1.58. The second kappa shape index (κ2) is 9.45. The van der Waals surface area contributed by atoms with Gasteiger partial charge >= 0.3 is 5.97 Å². The van der Waals surface area contributed by atoms with E-state index < -0.39 is 21.6 Å². The van der Waals surface area contributed by atoms with Crippen molar-refractivity contribution in [3.8, 4) is 0 Å². The highest BCUT2D eigenvalue weighted by Gasteiger charge is 2.51. The van der Waals surface area contributed by atoms with Crippen LogP contribution in [0.1, 0.15) is 69.4 Å². The number of benzene rings is 2. The largest absolute Gasteiger partial charge is 0.507 e. The topological polar surface area (TPSA) is 92.7 Å². The first-order valence-electron chi connectivity index (χ1n) is 12.1. The van der Waals surface area contributed by atoms with Crippen LogP contribution in [0.3, 0.4) is 0 Å². The van der Waals surface area contributed by atoms with E-state index in [0.717, 1.165) is 36.8 Å². The third-order valence-electron chi connectivity index (χ3n) is 6.74. The maximum atomic E-state index is 13.1. The van der Waals surface area contributed by atoms with Gasteiger partial charge in [0.2, 0.25) is 0 Å². The molecular formula is C27H33NO5S. The standard InChI is InChI=1S/C27H33NO5S/c1-4-15-27(16-5-2)25(29)24(26(30)33-27)23(19-11-12-19)20-7-6-8-21(17-20)28-34(31,32)22-13-9-18(3)10-14-22/h6-10,13-14,17,19,23,28-29H,4-5,11-12,15-16H2,1-3H3. The molecule has 1 saturated carbocycles. The lowest BCUT2D eigenvalue weighted by Crippen LogP contribution is -2.31. The lowest BCUT2D eigenvalue weighted by molar-refractivity contribution is -0.149. The van der Waals surface area contributed by atoms with Crippen LogP contribution in [-0.4, -0.2) is 25.1 Å². The molecule has 2 aliphatic rings. The van der Waals surface area contributed by atoms with Gasteiger partial charge in [0, 0.05) is 11.6 Å². The zero-order valence-corrected chi connectivity index (χ0v) is 20.8. The molecule has 6 nitrogen and oxygen atoms in total. The second-order valence-electron chi connectivity index (χ2n) is 9.51. The molecule has 2 aromatic carbocycles. The number of hydrogen-bond donors (Lipinski definition) is 2. The number of esters is 1. The summed E-state index contributed by atoms with van der Waals surface area (Å²) < 4.78 is 34.3. The van der Waals surface area contributed by atoms with E-state index in [1.165, 1.54) is 0 Å². The van der Waals surface area contributed by atoms with Crippen molar-refractivity contribution in [2.45, 2.75) is 75.7 Å². The molecule has 7 heteroatoms. The van der Waals surface area contributed by atoms with E-state index in [-0.39, 0.29) is 22.5 Å². The van der Waals surface area contributed by atoms with Crippen molar-refractivity contribution in [1.29, 1.82) is 0 Å². The molecule has 182 valence electrons. The maximum absolute atomic E-state index is 13.1. The predicted molar refractivity (Wildman–Crippen MR) is 132 cm³/mol. The summed E-state index contributed by atoms with van der Waals surface area (Å²) in [4.78, 5) is 13.3. The van der Waals surface area contributed by atoms with E-state index in [1.54, 1.807) is 42.5 Å². The van der Waals surface area contributed by atoms with Gasteiger partial charge in [0.1, 0.15) is 5.76 Å². The number of anilines is 1. The zero-order chi connectivity index (χ0) is 24.5. The maximum Gasteiger partial charge on any atom is 0.339 e. The first kappa shape index (κ1) is 24.3. The molecule has 1 aliphatic heterocycles. The van der Waals surface area contributed by atoms with Crippen LogP contribution in [0.2, 0.25) is 0 Å². The fourth-order valence-electron chi connectivity index (χ4n) is 5.00. The van der Waals surface area contributed by atoms with E-state index >= 15 is 0 Å². The van der Waals surface area contributed by atoms with Gasteiger partial charge in [-0.25, -0.2) is 13.2 Å². The first-order valence-corrected chi connectivity index (χ1v) is 13.6. The highest BCUT2D eigenvalue weighted by molar-refractivity contribution is 7.92. The van der Waals surface area contributed by atoms with Crippen LogP contribution in [0.15, 0.2) is 64.8 Å². The van der Waals surface area contributed by atoms with Gasteiger partial charge in [-0.05, 0) is 68.4 Å². The van der Waals surface area contributed by atoms with Gasteiger partial charge in [-0.2, -0.15) is 0 Å². The number of hydrogen-bond acceptors (Lipinski definition) is 5. The van der Waals surface area contributed by atoms with Crippen molar-refractivity contribution in [3.63, 3.8) is 0 Å². The SMILES string of the molecule is CCCC1(CCC)OC(=O)C(C(c2cccc(NS(=O)(=O)c3ccc(C)cc3)c2)C2CC2)=C1O. The third-order valence-corrected chi connectivity index (χ3v) is 8.13. The monoisotopic (exact) mass is 483 g/mol. The van der Waals surface area contributed by atoms with Gasteiger partial charge in [0.05, 0.1) is 10.5 Å². The van der Waals surface area contributed by atoms with E-state index in [1.807, 2.05) is 26.8 Å². The number of carbonyl (C=O) groups is 1. The number of carbonyl (C=O) groups excluding carboxylic acids is 1. The Morgan fingerprint density at radius 2 is 1.74 bits per heavy atom. The zero-order valence-electron chi connectivity index (χ0n) is 20.0. The Balaban J connectivity index is 1.69. The summed E-state index contributed by atoms with van der Waals surface area (Å²) >= 11 is 0. The first-order chi connectivity index (χ1) is 16.2. The molecule has 0 spiro atoms. The Kier molecular flexibility index (Phi) is 6.76. The molecular weight excluding hydrogens is 450 g/mol. The van der Waals surface area contributed by atoms with Gasteiger partial charge in [0.15, 0.2) is 5.60 Å². The van der Waals surface area contributed by atoms with E-state index in [2.05, 4.69) is 4.72 Å². The number of ether oxygens (including phenoxy) is 1. The molecule has 34 heavy (non-hydrogen) atoms. The van der Waals surface area contributed by atoms with Crippen LogP contribution in [0.4, 0.5) is 5.69 Å². The van der Waals surface area contributed by atoms with Crippen molar-refractivity contribution in [2.24, 2.45) is 5.92 Å².